The van der Waals surface area contributed by atoms with Gasteiger partial charge in [0.1, 0.15) is 12.9 Å². The Hall–Kier alpha value is -0.930. The van der Waals surface area contributed by atoms with Crippen molar-refractivity contribution in [2.24, 2.45) is 5.41 Å². The van der Waals surface area contributed by atoms with Crippen LogP contribution in [0.15, 0.2) is 15.5 Å². The van der Waals surface area contributed by atoms with Crippen LogP contribution in [-0.4, -0.2) is 52.0 Å². The highest BCUT2D eigenvalue weighted by atomic mass is 79.9. The van der Waals surface area contributed by atoms with Gasteiger partial charge in [-0.05, 0) is 28.8 Å². The van der Waals surface area contributed by atoms with E-state index in [-0.39, 0.29) is 29.8 Å². The number of nitrogens with zero attached hydrogens (tertiary/aromatic N) is 1. The number of methoxy groups -OCH3 is 3. The van der Waals surface area contributed by atoms with Gasteiger partial charge in [0.25, 0.3) is 0 Å². The monoisotopic (exact) mass is 431 g/mol. The molecule has 2 aliphatic rings. The van der Waals surface area contributed by atoms with Gasteiger partial charge in [0, 0.05) is 39.0 Å². The summed E-state index contributed by atoms with van der Waals surface area (Å²) in [5.41, 5.74) is 0.169. The van der Waals surface area contributed by atoms with Gasteiger partial charge in [-0.15, -0.1) is 0 Å². The van der Waals surface area contributed by atoms with Crippen LogP contribution in [0.25, 0.3) is 0 Å². The summed E-state index contributed by atoms with van der Waals surface area (Å²) >= 11 is 3.37. The molecule has 0 N–H and O–H groups in total. The minimum Gasteiger partial charge on any atom is -0.491 e. The van der Waals surface area contributed by atoms with E-state index in [1.807, 2.05) is 6.20 Å². The molecule has 26 heavy (non-hydrogen) atoms. The lowest BCUT2D eigenvalue weighted by atomic mass is 9.69. The van der Waals surface area contributed by atoms with Crippen molar-refractivity contribution in [1.82, 2.24) is 4.57 Å². The van der Waals surface area contributed by atoms with Crippen molar-refractivity contribution in [3.8, 4) is 5.75 Å². The molecule has 0 radical (unpaired) electrons. The molecule has 0 aromatic carbocycles. The molecule has 1 saturated heterocycles. The predicted molar refractivity (Wildman–Crippen MR) is 98.7 cm³/mol. The standard InChI is InChI=1S/C18H26BrNO6/c1-18(6-8-22-2)16-12(5-7-25-16)20-9-11(19)14(21)15(24-4)13(20)17(18)26-10-23-3/h9,12,16-17H,5-8,10H2,1-4H3. The largest absolute Gasteiger partial charge is 0.491 e. The number of aromatic nitrogens is 1. The molecule has 0 spiro atoms. The summed E-state index contributed by atoms with van der Waals surface area (Å²) in [6.07, 6.45) is 2.95. The zero-order valence-electron chi connectivity index (χ0n) is 15.6. The summed E-state index contributed by atoms with van der Waals surface area (Å²) in [5.74, 6) is 0.300. The molecule has 2 aliphatic heterocycles. The van der Waals surface area contributed by atoms with Crippen LogP contribution >= 0.6 is 15.9 Å². The molecule has 0 aliphatic carbocycles. The molecule has 0 bridgehead atoms. The highest BCUT2D eigenvalue weighted by Crippen LogP contribution is 2.55. The van der Waals surface area contributed by atoms with Crippen molar-refractivity contribution in [3.05, 3.63) is 26.6 Å². The van der Waals surface area contributed by atoms with Gasteiger partial charge in [-0.3, -0.25) is 4.79 Å². The number of hydrogen-bond acceptors (Lipinski definition) is 6. The zero-order valence-corrected chi connectivity index (χ0v) is 17.2. The second kappa shape index (κ2) is 7.98. The van der Waals surface area contributed by atoms with Gasteiger partial charge >= 0.3 is 0 Å². The predicted octanol–water partition coefficient (Wildman–Crippen LogP) is 2.67. The molecule has 1 aromatic heterocycles. The Morgan fingerprint density at radius 3 is 2.77 bits per heavy atom. The van der Waals surface area contributed by atoms with E-state index in [1.54, 1.807) is 14.2 Å². The van der Waals surface area contributed by atoms with Crippen LogP contribution in [0.3, 0.4) is 0 Å². The van der Waals surface area contributed by atoms with Crippen molar-refractivity contribution in [2.75, 3.05) is 41.3 Å². The highest BCUT2D eigenvalue weighted by molar-refractivity contribution is 9.10. The molecule has 4 unspecified atom stereocenters. The fraction of sp³-hybridized carbons (Fsp3) is 0.722. The van der Waals surface area contributed by atoms with E-state index in [4.69, 9.17) is 23.7 Å². The average molecular weight is 432 g/mol. The number of fused-ring (bicyclic) bond motifs is 3. The first-order valence-corrected chi connectivity index (χ1v) is 9.48. The maximum absolute atomic E-state index is 12.7. The van der Waals surface area contributed by atoms with E-state index < -0.39 is 6.10 Å². The second-order valence-electron chi connectivity index (χ2n) is 6.98. The summed E-state index contributed by atoms with van der Waals surface area (Å²) in [4.78, 5) is 12.7. The number of hydrogen-bond donors (Lipinski definition) is 0. The van der Waals surface area contributed by atoms with Crippen LogP contribution in [-0.2, 0) is 18.9 Å². The van der Waals surface area contributed by atoms with E-state index in [0.717, 1.165) is 18.5 Å². The molecule has 146 valence electrons. The van der Waals surface area contributed by atoms with Crippen molar-refractivity contribution >= 4 is 15.9 Å². The molecule has 1 aromatic rings. The van der Waals surface area contributed by atoms with Crippen molar-refractivity contribution in [2.45, 2.75) is 38.0 Å². The third-order valence-corrected chi connectivity index (χ3v) is 6.07. The quantitative estimate of drug-likeness (QED) is 0.618. The highest BCUT2D eigenvalue weighted by Gasteiger charge is 2.55. The maximum atomic E-state index is 12.7. The third-order valence-electron chi connectivity index (χ3n) is 5.50. The Bertz CT molecular complexity index is 708. The van der Waals surface area contributed by atoms with Gasteiger partial charge in [0.2, 0.25) is 5.43 Å². The van der Waals surface area contributed by atoms with Crippen molar-refractivity contribution in [3.63, 3.8) is 0 Å². The Morgan fingerprint density at radius 1 is 1.35 bits per heavy atom. The van der Waals surface area contributed by atoms with E-state index in [0.29, 0.717) is 23.4 Å². The van der Waals surface area contributed by atoms with Gasteiger partial charge in [0.05, 0.1) is 29.4 Å². The lowest BCUT2D eigenvalue weighted by Crippen LogP contribution is -2.50. The minimum atomic E-state index is -0.423. The molecular weight excluding hydrogens is 406 g/mol. The molecule has 3 heterocycles. The fourth-order valence-electron chi connectivity index (χ4n) is 4.27. The third kappa shape index (κ3) is 3.11. The summed E-state index contributed by atoms with van der Waals surface area (Å²) in [7, 11) is 4.78. The van der Waals surface area contributed by atoms with Gasteiger partial charge in [-0.2, -0.15) is 0 Å². The molecule has 1 fully saturated rings. The summed E-state index contributed by atoms with van der Waals surface area (Å²) in [6.45, 7) is 3.47. The van der Waals surface area contributed by atoms with Crippen LogP contribution in [0.4, 0.5) is 0 Å². The van der Waals surface area contributed by atoms with Crippen molar-refractivity contribution in [1.29, 1.82) is 0 Å². The van der Waals surface area contributed by atoms with Crippen LogP contribution in [0.2, 0.25) is 0 Å². The van der Waals surface area contributed by atoms with E-state index in [2.05, 4.69) is 27.4 Å². The topological polar surface area (TPSA) is 68.2 Å². The van der Waals surface area contributed by atoms with E-state index in [1.165, 1.54) is 7.11 Å². The molecule has 7 nitrogen and oxygen atoms in total. The first kappa shape index (κ1) is 19.8. The van der Waals surface area contributed by atoms with E-state index in [9.17, 15) is 4.79 Å². The van der Waals surface area contributed by atoms with E-state index >= 15 is 0 Å². The lowest BCUT2D eigenvalue weighted by molar-refractivity contribution is -0.176. The zero-order chi connectivity index (χ0) is 18.9. The normalized spacial score (nSPS) is 30.1. The first-order valence-electron chi connectivity index (χ1n) is 8.69. The number of halogens is 1. The maximum Gasteiger partial charge on any atom is 0.237 e. The number of pyridine rings is 1. The minimum absolute atomic E-state index is 0.0499. The Kier molecular flexibility index (Phi) is 6.08. The first-order chi connectivity index (χ1) is 12.5. The SMILES string of the molecule is COCCC1(C)C(OCOC)c2c(OC)c(=O)c(Br)cn2C2CCOC21. The molecule has 8 heteroatoms. The summed E-state index contributed by atoms with van der Waals surface area (Å²) in [5, 5.41) is 0. The van der Waals surface area contributed by atoms with Gasteiger partial charge in [0.15, 0.2) is 5.75 Å². The smallest absolute Gasteiger partial charge is 0.237 e. The number of ether oxygens (including phenoxy) is 5. The van der Waals surface area contributed by atoms with Gasteiger partial charge < -0.3 is 28.3 Å². The molecular formula is C18H26BrNO6. The molecule has 0 saturated carbocycles. The fourth-order valence-corrected chi connectivity index (χ4v) is 4.67. The van der Waals surface area contributed by atoms with Crippen LogP contribution in [0, 0.1) is 5.41 Å². The van der Waals surface area contributed by atoms with Gasteiger partial charge in [-0.1, -0.05) is 6.92 Å². The second-order valence-corrected chi connectivity index (χ2v) is 7.84. The van der Waals surface area contributed by atoms with Gasteiger partial charge in [-0.25, -0.2) is 0 Å². The van der Waals surface area contributed by atoms with Crippen LogP contribution in [0.5, 0.6) is 5.75 Å². The Labute approximate surface area is 161 Å². The molecule has 4 atom stereocenters. The average Bonchev–Trinajstić information content (AvgIpc) is 3.13. The summed E-state index contributed by atoms with van der Waals surface area (Å²) in [6, 6.07) is 0.111. The Morgan fingerprint density at radius 2 is 2.12 bits per heavy atom. The molecule has 0 amide bonds. The molecule has 3 rings (SSSR count). The lowest BCUT2D eigenvalue weighted by Gasteiger charge is -2.49. The van der Waals surface area contributed by atoms with Crippen LogP contribution in [0.1, 0.15) is 37.6 Å². The van der Waals surface area contributed by atoms with Crippen molar-refractivity contribution < 1.29 is 23.7 Å². The Balaban J connectivity index is 2.21. The van der Waals surface area contributed by atoms with Crippen LogP contribution < -0.4 is 10.2 Å². The number of rotatable bonds is 7. The summed E-state index contributed by atoms with van der Waals surface area (Å²) < 4.78 is 30.8.